The largest absolute Gasteiger partial charge is 0.385 e. The van der Waals surface area contributed by atoms with Crippen LogP contribution in [0, 0.1) is 0 Å². The summed E-state index contributed by atoms with van der Waals surface area (Å²) >= 11 is 0. The number of nitrogens with one attached hydrogen (secondary N) is 2. The number of para-hydroxylation sites is 1. The van der Waals surface area contributed by atoms with Gasteiger partial charge in [0.25, 0.3) is 5.91 Å². The van der Waals surface area contributed by atoms with E-state index < -0.39 is 0 Å². The van der Waals surface area contributed by atoms with Crippen LogP contribution < -0.4 is 10.6 Å². The normalized spacial score (nSPS) is 10.5. The Morgan fingerprint density at radius 1 is 1.08 bits per heavy atom. The summed E-state index contributed by atoms with van der Waals surface area (Å²) in [5.74, 6) is 0.407. The Hall–Kier alpha value is -2.47. The molecule has 2 N–H and O–H groups in total. The van der Waals surface area contributed by atoms with Crippen LogP contribution in [0.2, 0.25) is 0 Å². The molecule has 0 radical (unpaired) electrons. The average molecular weight is 342 g/mol. The van der Waals surface area contributed by atoms with Crippen molar-refractivity contribution < 1.29 is 9.53 Å². The summed E-state index contributed by atoms with van der Waals surface area (Å²) in [7, 11) is 1.64. The molecule has 0 aliphatic carbocycles. The molecule has 1 amide bonds. The first-order valence-corrected chi connectivity index (χ1v) is 8.68. The summed E-state index contributed by atoms with van der Waals surface area (Å²) in [5.41, 5.74) is 3.86. The maximum absolute atomic E-state index is 12.0. The third-order valence-corrected chi connectivity index (χ3v) is 3.96. The van der Waals surface area contributed by atoms with Crippen molar-refractivity contribution in [3.05, 3.63) is 47.2 Å². The molecule has 6 heteroatoms. The molecule has 0 saturated heterocycles. The van der Waals surface area contributed by atoms with Gasteiger partial charge in [0.1, 0.15) is 0 Å². The van der Waals surface area contributed by atoms with Gasteiger partial charge in [0.05, 0.1) is 0 Å². The molecule has 0 fully saturated rings. The van der Waals surface area contributed by atoms with Gasteiger partial charge in [0.15, 0.2) is 11.5 Å². The van der Waals surface area contributed by atoms with Crippen LogP contribution in [0.5, 0.6) is 0 Å². The van der Waals surface area contributed by atoms with E-state index in [-0.39, 0.29) is 5.91 Å². The molecule has 0 aliphatic heterocycles. The second-order valence-electron chi connectivity index (χ2n) is 5.69. The molecular weight excluding hydrogens is 316 g/mol. The van der Waals surface area contributed by atoms with E-state index >= 15 is 0 Å². The van der Waals surface area contributed by atoms with E-state index in [2.05, 4.69) is 52.9 Å². The van der Waals surface area contributed by atoms with Crippen LogP contribution in [0.1, 0.15) is 41.9 Å². The lowest BCUT2D eigenvalue weighted by Gasteiger charge is -2.14. The monoisotopic (exact) mass is 342 g/mol. The number of anilines is 2. The van der Waals surface area contributed by atoms with Crippen molar-refractivity contribution in [2.24, 2.45) is 0 Å². The number of carbonyl (C=O) groups is 1. The van der Waals surface area contributed by atoms with Crippen molar-refractivity contribution in [2.45, 2.75) is 33.1 Å². The number of hydrogen-bond donors (Lipinski definition) is 2. The molecule has 0 saturated carbocycles. The maximum Gasteiger partial charge on any atom is 0.271 e. The third kappa shape index (κ3) is 5.26. The fourth-order valence-corrected chi connectivity index (χ4v) is 2.56. The Balaban J connectivity index is 2.05. The Morgan fingerprint density at radius 3 is 2.36 bits per heavy atom. The molecule has 0 aliphatic rings. The molecule has 0 unspecified atom stereocenters. The minimum absolute atomic E-state index is 0.224. The van der Waals surface area contributed by atoms with Gasteiger partial charge in [-0.3, -0.25) is 4.79 Å². The van der Waals surface area contributed by atoms with Gasteiger partial charge < -0.3 is 15.4 Å². The highest BCUT2D eigenvalue weighted by Crippen LogP contribution is 2.25. The highest BCUT2D eigenvalue weighted by Gasteiger charge is 2.10. The molecule has 1 aromatic carbocycles. The Bertz CT molecular complexity index is 664. The van der Waals surface area contributed by atoms with Crippen LogP contribution >= 0.6 is 0 Å². The molecule has 1 heterocycles. The average Bonchev–Trinajstić information content (AvgIpc) is 2.65. The summed E-state index contributed by atoms with van der Waals surface area (Å²) < 4.78 is 4.95. The van der Waals surface area contributed by atoms with Gasteiger partial charge in [-0.2, -0.15) is 0 Å². The smallest absolute Gasteiger partial charge is 0.271 e. The van der Waals surface area contributed by atoms with Crippen LogP contribution in [0.25, 0.3) is 0 Å². The summed E-state index contributed by atoms with van der Waals surface area (Å²) in [5, 5.41) is 14.3. The Morgan fingerprint density at radius 2 is 1.80 bits per heavy atom. The van der Waals surface area contributed by atoms with Crippen LogP contribution in [0.3, 0.4) is 0 Å². The van der Waals surface area contributed by atoms with Gasteiger partial charge in [0, 0.05) is 25.9 Å². The molecule has 2 rings (SSSR count). The van der Waals surface area contributed by atoms with Crippen LogP contribution in [-0.4, -0.2) is 36.4 Å². The van der Waals surface area contributed by atoms with Crippen molar-refractivity contribution in [1.29, 1.82) is 0 Å². The fourth-order valence-electron chi connectivity index (χ4n) is 2.56. The first-order valence-electron chi connectivity index (χ1n) is 8.68. The predicted molar refractivity (Wildman–Crippen MR) is 99.3 cm³/mol. The highest BCUT2D eigenvalue weighted by molar-refractivity contribution is 5.92. The molecule has 2 aromatic rings. The van der Waals surface area contributed by atoms with Crippen molar-refractivity contribution in [3.63, 3.8) is 0 Å². The fraction of sp³-hybridized carbons (Fsp3) is 0.421. The molecule has 0 atom stereocenters. The number of aromatic nitrogens is 2. The molecular formula is C19H26N4O2. The van der Waals surface area contributed by atoms with Gasteiger partial charge in [-0.05, 0) is 42.5 Å². The van der Waals surface area contributed by atoms with Crippen LogP contribution in [0.15, 0.2) is 30.3 Å². The zero-order valence-electron chi connectivity index (χ0n) is 15.1. The Kier molecular flexibility index (Phi) is 7.35. The summed E-state index contributed by atoms with van der Waals surface area (Å²) in [6.45, 7) is 5.43. The minimum Gasteiger partial charge on any atom is -0.385 e. The van der Waals surface area contributed by atoms with E-state index in [0.717, 1.165) is 24.9 Å². The molecule has 0 spiro atoms. The number of amides is 1. The number of rotatable bonds is 9. The highest BCUT2D eigenvalue weighted by atomic mass is 16.5. The van der Waals surface area contributed by atoms with Gasteiger partial charge in [0.2, 0.25) is 0 Å². The summed E-state index contributed by atoms with van der Waals surface area (Å²) in [6.07, 6.45) is 2.64. The van der Waals surface area contributed by atoms with Gasteiger partial charge in [-0.25, -0.2) is 0 Å². The van der Waals surface area contributed by atoms with Crippen LogP contribution in [0.4, 0.5) is 11.5 Å². The standard InChI is InChI=1S/C19H26N4O2/c1-4-14-8-6-9-15(5-2)18(14)21-17-11-10-16(22-23-17)19(24)20-12-7-13-25-3/h6,8-11H,4-5,7,12-13H2,1-3H3,(H,20,24)(H,21,23). The van der Waals surface area contributed by atoms with E-state index in [1.165, 1.54) is 11.1 Å². The maximum atomic E-state index is 12.0. The van der Waals surface area contributed by atoms with Crippen LogP contribution in [-0.2, 0) is 17.6 Å². The van der Waals surface area contributed by atoms with Crippen molar-refractivity contribution >= 4 is 17.4 Å². The molecule has 6 nitrogen and oxygen atoms in total. The third-order valence-electron chi connectivity index (χ3n) is 3.96. The molecule has 25 heavy (non-hydrogen) atoms. The second-order valence-corrected chi connectivity index (χ2v) is 5.69. The first-order chi connectivity index (χ1) is 12.2. The van der Waals surface area contributed by atoms with E-state index in [1.807, 2.05) is 0 Å². The van der Waals surface area contributed by atoms with Crippen molar-refractivity contribution in [1.82, 2.24) is 15.5 Å². The summed E-state index contributed by atoms with van der Waals surface area (Å²) in [4.78, 5) is 12.0. The lowest BCUT2D eigenvalue weighted by Crippen LogP contribution is -2.26. The van der Waals surface area contributed by atoms with E-state index in [1.54, 1.807) is 19.2 Å². The number of aryl methyl sites for hydroxylation is 2. The first kappa shape index (κ1) is 18.9. The SMILES string of the molecule is CCc1cccc(CC)c1Nc1ccc(C(=O)NCCCOC)nn1. The molecule has 0 bridgehead atoms. The van der Waals surface area contributed by atoms with E-state index in [0.29, 0.717) is 24.7 Å². The number of ether oxygens (including phenoxy) is 1. The van der Waals surface area contributed by atoms with E-state index in [4.69, 9.17) is 4.74 Å². The van der Waals surface area contributed by atoms with Crippen molar-refractivity contribution in [2.75, 3.05) is 25.6 Å². The second kappa shape index (κ2) is 9.74. The van der Waals surface area contributed by atoms with E-state index in [9.17, 15) is 4.79 Å². The van der Waals surface area contributed by atoms with Crippen molar-refractivity contribution in [3.8, 4) is 0 Å². The lowest BCUT2D eigenvalue weighted by atomic mass is 10.0. The number of methoxy groups -OCH3 is 1. The summed E-state index contributed by atoms with van der Waals surface area (Å²) in [6, 6.07) is 9.75. The number of benzene rings is 1. The Labute approximate surface area is 149 Å². The number of hydrogen-bond acceptors (Lipinski definition) is 5. The van der Waals surface area contributed by atoms with Gasteiger partial charge in [-0.1, -0.05) is 32.0 Å². The van der Waals surface area contributed by atoms with Gasteiger partial charge in [-0.15, -0.1) is 10.2 Å². The van der Waals surface area contributed by atoms with Gasteiger partial charge >= 0.3 is 0 Å². The lowest BCUT2D eigenvalue weighted by molar-refractivity contribution is 0.0942. The number of carbonyl (C=O) groups excluding carboxylic acids is 1. The minimum atomic E-state index is -0.224. The molecule has 134 valence electrons. The quantitative estimate of drug-likeness (QED) is 0.685. The zero-order valence-corrected chi connectivity index (χ0v) is 15.1. The molecule has 1 aromatic heterocycles. The topological polar surface area (TPSA) is 76.1 Å². The zero-order chi connectivity index (χ0) is 18.1. The predicted octanol–water partition coefficient (Wildman–Crippen LogP) is 3.11. The number of nitrogens with zero attached hydrogens (tertiary/aromatic N) is 2.